The van der Waals surface area contributed by atoms with Crippen molar-refractivity contribution in [3.05, 3.63) is 59.7 Å². The molecule has 31 heavy (non-hydrogen) atoms. The Morgan fingerprint density at radius 3 is 2.61 bits per heavy atom. The van der Waals surface area contributed by atoms with Crippen molar-refractivity contribution in [2.75, 3.05) is 11.1 Å². The fraction of sp³-hybridized carbons (Fsp3) is 0.333. The van der Waals surface area contributed by atoms with E-state index in [2.05, 4.69) is 29.1 Å². The number of thioether (sulfide) groups is 1. The van der Waals surface area contributed by atoms with Gasteiger partial charge in [-0.1, -0.05) is 63.2 Å². The van der Waals surface area contributed by atoms with Crippen LogP contribution in [0.4, 0.5) is 11.4 Å². The first kappa shape index (κ1) is 21.3. The summed E-state index contributed by atoms with van der Waals surface area (Å²) >= 11 is 1.26. The number of benzene rings is 2. The molecule has 2 aromatic rings. The predicted octanol–water partition coefficient (Wildman–Crippen LogP) is 4.94. The Labute approximate surface area is 186 Å². The number of hydrogen-bond donors (Lipinski definition) is 1. The largest absolute Gasteiger partial charge is 0.325 e. The van der Waals surface area contributed by atoms with Gasteiger partial charge < -0.3 is 5.32 Å². The summed E-state index contributed by atoms with van der Waals surface area (Å²) in [6.45, 7) is 6.31. The van der Waals surface area contributed by atoms with Crippen LogP contribution in [0.3, 0.4) is 0 Å². The third kappa shape index (κ3) is 4.42. The number of nitrogens with zero attached hydrogens (tertiary/aromatic N) is 3. The number of fused-ring (bicyclic) bond motifs is 3. The maximum atomic E-state index is 13.0. The summed E-state index contributed by atoms with van der Waals surface area (Å²) in [6.07, 6.45) is 1.58. The van der Waals surface area contributed by atoms with Gasteiger partial charge in [0.05, 0.1) is 11.4 Å². The molecule has 0 radical (unpaired) electrons. The first-order chi connectivity index (χ1) is 15.0. The van der Waals surface area contributed by atoms with E-state index in [1.807, 2.05) is 55.5 Å². The van der Waals surface area contributed by atoms with Gasteiger partial charge in [-0.15, -0.1) is 0 Å². The molecule has 1 N–H and O–H groups in total. The molecule has 2 aliphatic rings. The average Bonchev–Trinajstić information content (AvgIpc) is 3.09. The average molecular weight is 435 g/mol. The minimum Gasteiger partial charge on any atom is -0.325 e. The molecular formula is C24H26N4O2S. The van der Waals surface area contributed by atoms with Crippen molar-refractivity contribution in [2.24, 2.45) is 9.98 Å². The van der Waals surface area contributed by atoms with Gasteiger partial charge in [0.15, 0.2) is 5.17 Å². The van der Waals surface area contributed by atoms with Crippen LogP contribution >= 0.6 is 11.8 Å². The van der Waals surface area contributed by atoms with Gasteiger partial charge in [-0.3, -0.25) is 14.6 Å². The van der Waals surface area contributed by atoms with Crippen LogP contribution in [-0.4, -0.2) is 39.5 Å². The molecule has 1 atom stereocenters. The smallest absolute Gasteiger partial charge is 0.259 e. The van der Waals surface area contributed by atoms with Gasteiger partial charge in [0, 0.05) is 11.3 Å². The number of amides is 2. The number of amidine groups is 2. The highest BCUT2D eigenvalue weighted by Gasteiger charge is 2.40. The van der Waals surface area contributed by atoms with Crippen molar-refractivity contribution in [2.45, 2.75) is 45.6 Å². The molecule has 7 heteroatoms. The molecule has 0 aromatic heterocycles. The van der Waals surface area contributed by atoms with E-state index < -0.39 is 0 Å². The fourth-order valence-corrected chi connectivity index (χ4v) is 4.44. The zero-order valence-corrected chi connectivity index (χ0v) is 18.8. The number of rotatable bonds is 6. The van der Waals surface area contributed by atoms with Gasteiger partial charge in [-0.25, -0.2) is 9.89 Å². The lowest BCUT2D eigenvalue weighted by atomic mass is 10.0. The summed E-state index contributed by atoms with van der Waals surface area (Å²) in [4.78, 5) is 36.5. The summed E-state index contributed by atoms with van der Waals surface area (Å²) in [6, 6.07) is 15.2. The molecule has 0 saturated heterocycles. The molecule has 0 aliphatic carbocycles. The molecule has 0 unspecified atom stereocenters. The molecule has 0 fully saturated rings. The molecule has 2 aliphatic heterocycles. The molecule has 2 aromatic carbocycles. The van der Waals surface area contributed by atoms with E-state index in [0.29, 0.717) is 23.3 Å². The maximum Gasteiger partial charge on any atom is 0.259 e. The van der Waals surface area contributed by atoms with E-state index in [0.717, 1.165) is 23.4 Å². The standard InChI is InChI=1S/C24H26N4O2S/c1-4-7-20-23(30)28-22(26-20)18-8-5-6-9-19(18)27-24(28)31-14-21(29)25-17-12-10-16(11-13-17)15(2)3/h5-6,8-13,15,20H,4,7,14H2,1-3H3,(H,25,29)/t20-/m1/s1. The zero-order valence-electron chi connectivity index (χ0n) is 18.0. The number of hydrogen-bond acceptors (Lipinski definition) is 5. The lowest BCUT2D eigenvalue weighted by molar-refractivity contribution is -0.124. The topological polar surface area (TPSA) is 74.1 Å². The van der Waals surface area contributed by atoms with Crippen molar-refractivity contribution < 1.29 is 9.59 Å². The van der Waals surface area contributed by atoms with Crippen molar-refractivity contribution in [1.82, 2.24) is 4.90 Å². The van der Waals surface area contributed by atoms with Crippen molar-refractivity contribution in [3.8, 4) is 0 Å². The first-order valence-electron chi connectivity index (χ1n) is 10.6. The highest BCUT2D eigenvalue weighted by molar-refractivity contribution is 8.14. The Balaban J connectivity index is 1.49. The van der Waals surface area contributed by atoms with Crippen molar-refractivity contribution >= 4 is 46.0 Å². The second-order valence-corrected chi connectivity index (χ2v) is 8.90. The number of aliphatic imine (C=N–C) groups is 2. The molecule has 2 heterocycles. The van der Waals surface area contributed by atoms with Crippen LogP contribution in [0, 0.1) is 0 Å². The summed E-state index contributed by atoms with van der Waals surface area (Å²) < 4.78 is 0. The molecule has 0 spiro atoms. The molecule has 6 nitrogen and oxygen atoms in total. The number of anilines is 1. The predicted molar refractivity (Wildman–Crippen MR) is 127 cm³/mol. The van der Waals surface area contributed by atoms with E-state index in [1.165, 1.54) is 17.3 Å². The summed E-state index contributed by atoms with van der Waals surface area (Å²) in [5, 5.41) is 3.42. The quantitative estimate of drug-likeness (QED) is 0.700. The summed E-state index contributed by atoms with van der Waals surface area (Å²) in [5.74, 6) is 1.03. The van der Waals surface area contributed by atoms with Gasteiger partial charge >= 0.3 is 0 Å². The van der Waals surface area contributed by atoms with Crippen LogP contribution in [0.25, 0.3) is 0 Å². The van der Waals surface area contributed by atoms with Crippen LogP contribution in [-0.2, 0) is 9.59 Å². The van der Waals surface area contributed by atoms with E-state index in [9.17, 15) is 9.59 Å². The second-order valence-electron chi connectivity index (χ2n) is 7.96. The van der Waals surface area contributed by atoms with E-state index >= 15 is 0 Å². The summed E-state index contributed by atoms with van der Waals surface area (Å²) in [7, 11) is 0. The number of nitrogens with one attached hydrogen (secondary N) is 1. The SMILES string of the molecule is CCC[C@H]1N=C2c3ccccc3N=C(SCC(=O)Nc3ccc(C(C)C)cc3)N2C1=O. The number of carbonyl (C=O) groups excluding carboxylic acids is 2. The monoisotopic (exact) mass is 434 g/mol. The Morgan fingerprint density at radius 2 is 1.90 bits per heavy atom. The van der Waals surface area contributed by atoms with Crippen LogP contribution < -0.4 is 5.32 Å². The van der Waals surface area contributed by atoms with Crippen molar-refractivity contribution in [3.63, 3.8) is 0 Å². The lowest BCUT2D eigenvalue weighted by Crippen LogP contribution is -2.41. The zero-order chi connectivity index (χ0) is 22.0. The van der Waals surface area contributed by atoms with Crippen LogP contribution in [0.15, 0.2) is 58.5 Å². The number of carbonyl (C=O) groups is 2. The van der Waals surface area contributed by atoms with Crippen LogP contribution in [0.1, 0.15) is 50.7 Å². The fourth-order valence-electron chi connectivity index (χ4n) is 3.64. The van der Waals surface area contributed by atoms with E-state index in [4.69, 9.17) is 0 Å². The second kappa shape index (κ2) is 9.06. The van der Waals surface area contributed by atoms with E-state index in [-0.39, 0.29) is 23.6 Å². The van der Waals surface area contributed by atoms with Crippen LogP contribution in [0.5, 0.6) is 0 Å². The van der Waals surface area contributed by atoms with Crippen molar-refractivity contribution in [1.29, 1.82) is 0 Å². The van der Waals surface area contributed by atoms with Gasteiger partial charge in [-0.05, 0) is 42.2 Å². The Bertz CT molecular complexity index is 1060. The minimum atomic E-state index is -0.384. The number of para-hydroxylation sites is 1. The Morgan fingerprint density at radius 1 is 1.16 bits per heavy atom. The molecular weight excluding hydrogens is 408 g/mol. The summed E-state index contributed by atoms with van der Waals surface area (Å²) in [5.41, 5.74) is 3.61. The molecule has 160 valence electrons. The lowest BCUT2D eigenvalue weighted by Gasteiger charge is -2.25. The highest BCUT2D eigenvalue weighted by Crippen LogP contribution is 2.34. The maximum absolute atomic E-state index is 13.0. The molecule has 2 amide bonds. The molecule has 4 rings (SSSR count). The van der Waals surface area contributed by atoms with Gasteiger partial charge in [0.25, 0.3) is 5.91 Å². The molecule has 0 saturated carbocycles. The Hall–Kier alpha value is -2.93. The first-order valence-corrected chi connectivity index (χ1v) is 11.6. The van der Waals surface area contributed by atoms with E-state index in [1.54, 1.807) is 4.90 Å². The van der Waals surface area contributed by atoms with Gasteiger partial charge in [-0.2, -0.15) is 0 Å². The third-order valence-corrected chi connectivity index (χ3v) is 6.24. The third-order valence-electron chi connectivity index (χ3n) is 5.30. The van der Waals surface area contributed by atoms with Gasteiger partial charge in [0.2, 0.25) is 5.91 Å². The van der Waals surface area contributed by atoms with Crippen LogP contribution in [0.2, 0.25) is 0 Å². The Kier molecular flexibility index (Phi) is 6.23. The minimum absolute atomic E-state index is 0.0673. The normalized spacial score (nSPS) is 17.2. The molecule has 0 bridgehead atoms. The van der Waals surface area contributed by atoms with Gasteiger partial charge in [0.1, 0.15) is 11.9 Å². The highest BCUT2D eigenvalue weighted by atomic mass is 32.2.